The van der Waals surface area contributed by atoms with E-state index in [1.165, 1.54) is 16.6 Å². The number of nitrogens with one attached hydrogen (secondary N) is 1. The summed E-state index contributed by atoms with van der Waals surface area (Å²) in [5.41, 5.74) is 2.59. The Balaban J connectivity index is 2.64. The van der Waals surface area contributed by atoms with E-state index in [-0.39, 0.29) is 0 Å². The zero-order chi connectivity index (χ0) is 10.2. The number of para-hydroxylation sites is 1. The number of quaternary nitrogens is 1. The first-order chi connectivity index (χ1) is 6.65. The van der Waals surface area contributed by atoms with Crippen LogP contribution in [0.4, 0.5) is 5.69 Å². The smallest absolute Gasteiger partial charge is 0.158 e. The molecule has 0 bridgehead atoms. The standard InChI is InChI=1S/C12H17N2/c1-4-14(2,3)12-9-13-11-8-6-5-7-10(11)12/h5-9,13H,4H2,1-3H3/q+1. The Labute approximate surface area is 84.8 Å². The summed E-state index contributed by atoms with van der Waals surface area (Å²) in [4.78, 5) is 3.31. The van der Waals surface area contributed by atoms with Crippen LogP contribution >= 0.6 is 0 Å². The van der Waals surface area contributed by atoms with Crippen LogP contribution < -0.4 is 4.48 Å². The van der Waals surface area contributed by atoms with Gasteiger partial charge in [-0.25, -0.2) is 0 Å². The summed E-state index contributed by atoms with van der Waals surface area (Å²) in [6, 6.07) is 8.45. The molecule has 1 N–H and O–H groups in total. The molecule has 2 nitrogen and oxygen atoms in total. The maximum absolute atomic E-state index is 3.31. The normalized spacial score (nSPS) is 12.2. The molecule has 0 aliphatic heterocycles. The first kappa shape index (κ1) is 9.28. The maximum atomic E-state index is 3.31. The molecule has 0 radical (unpaired) electrons. The van der Waals surface area contributed by atoms with Crippen LogP contribution in [0.2, 0.25) is 0 Å². The molecule has 0 atom stereocenters. The largest absolute Gasteiger partial charge is 0.356 e. The van der Waals surface area contributed by atoms with E-state index in [0.717, 1.165) is 11.0 Å². The van der Waals surface area contributed by atoms with Gasteiger partial charge in [-0.3, -0.25) is 4.48 Å². The van der Waals surface area contributed by atoms with E-state index in [1.807, 2.05) is 0 Å². The van der Waals surface area contributed by atoms with Gasteiger partial charge in [0.2, 0.25) is 0 Å². The molecule has 0 fully saturated rings. The molecule has 2 heteroatoms. The minimum atomic E-state index is 0.921. The van der Waals surface area contributed by atoms with Crippen molar-refractivity contribution in [2.75, 3.05) is 20.6 Å². The van der Waals surface area contributed by atoms with Crippen LogP contribution in [0.5, 0.6) is 0 Å². The Kier molecular flexibility index (Phi) is 2.08. The monoisotopic (exact) mass is 189 g/mol. The highest BCUT2D eigenvalue weighted by Crippen LogP contribution is 2.28. The molecule has 0 aliphatic carbocycles. The third-order valence-corrected chi connectivity index (χ3v) is 3.01. The van der Waals surface area contributed by atoms with Crippen molar-refractivity contribution in [3.63, 3.8) is 0 Å². The summed E-state index contributed by atoms with van der Waals surface area (Å²) in [6.45, 7) is 3.31. The molecule has 1 heterocycles. The van der Waals surface area contributed by atoms with Crippen LogP contribution in [-0.2, 0) is 0 Å². The second-order valence-corrected chi connectivity index (χ2v) is 4.22. The van der Waals surface area contributed by atoms with Crippen LogP contribution in [0.3, 0.4) is 0 Å². The average molecular weight is 189 g/mol. The van der Waals surface area contributed by atoms with Crippen molar-refractivity contribution < 1.29 is 0 Å². The van der Waals surface area contributed by atoms with Gasteiger partial charge in [0.15, 0.2) is 5.69 Å². The summed E-state index contributed by atoms with van der Waals surface area (Å²) >= 11 is 0. The average Bonchev–Trinajstić information content (AvgIpc) is 2.61. The molecule has 0 aliphatic rings. The number of fused-ring (bicyclic) bond motifs is 1. The molecule has 14 heavy (non-hydrogen) atoms. The van der Waals surface area contributed by atoms with Gasteiger partial charge in [-0.15, -0.1) is 0 Å². The van der Waals surface area contributed by atoms with Crippen LogP contribution in [0, 0.1) is 0 Å². The number of aromatic nitrogens is 1. The van der Waals surface area contributed by atoms with Crippen LogP contribution in [0.25, 0.3) is 10.9 Å². The molecule has 0 amide bonds. The van der Waals surface area contributed by atoms with Gasteiger partial charge in [0.05, 0.1) is 37.7 Å². The molecule has 1 aromatic heterocycles. The van der Waals surface area contributed by atoms with Crippen molar-refractivity contribution in [1.82, 2.24) is 9.47 Å². The summed E-state index contributed by atoms with van der Waals surface area (Å²) in [5, 5.41) is 1.33. The number of benzene rings is 1. The van der Waals surface area contributed by atoms with Gasteiger partial charge < -0.3 is 4.98 Å². The van der Waals surface area contributed by atoms with E-state index in [4.69, 9.17) is 0 Å². The molecule has 0 spiro atoms. The maximum Gasteiger partial charge on any atom is 0.158 e. The highest BCUT2D eigenvalue weighted by Gasteiger charge is 2.20. The molecule has 0 saturated carbocycles. The lowest BCUT2D eigenvalue weighted by molar-refractivity contribution is 0.424. The fraction of sp³-hybridized carbons (Fsp3) is 0.333. The van der Waals surface area contributed by atoms with E-state index >= 15 is 0 Å². The van der Waals surface area contributed by atoms with E-state index in [1.54, 1.807) is 0 Å². The lowest BCUT2D eigenvalue weighted by Gasteiger charge is -2.26. The second kappa shape index (κ2) is 3.14. The Morgan fingerprint density at radius 3 is 2.64 bits per heavy atom. The fourth-order valence-corrected chi connectivity index (χ4v) is 1.73. The highest BCUT2D eigenvalue weighted by molar-refractivity contribution is 5.91. The summed E-state index contributed by atoms with van der Waals surface area (Å²) in [6.07, 6.45) is 2.12. The summed E-state index contributed by atoms with van der Waals surface area (Å²) in [7, 11) is 4.46. The zero-order valence-corrected chi connectivity index (χ0v) is 9.04. The van der Waals surface area contributed by atoms with E-state index in [2.05, 4.69) is 56.5 Å². The predicted molar refractivity (Wildman–Crippen MR) is 62.5 cm³/mol. The van der Waals surface area contributed by atoms with Crippen LogP contribution in [-0.4, -0.2) is 25.6 Å². The van der Waals surface area contributed by atoms with Crippen LogP contribution in [0.1, 0.15) is 6.92 Å². The summed E-state index contributed by atoms with van der Waals surface area (Å²) in [5.74, 6) is 0. The predicted octanol–water partition coefficient (Wildman–Crippen LogP) is 2.75. The van der Waals surface area contributed by atoms with Crippen molar-refractivity contribution in [2.24, 2.45) is 0 Å². The van der Waals surface area contributed by atoms with E-state index in [0.29, 0.717) is 0 Å². The zero-order valence-electron chi connectivity index (χ0n) is 9.04. The van der Waals surface area contributed by atoms with Gasteiger partial charge in [0.1, 0.15) is 0 Å². The van der Waals surface area contributed by atoms with Crippen molar-refractivity contribution in [3.8, 4) is 0 Å². The highest BCUT2D eigenvalue weighted by atomic mass is 15.3. The van der Waals surface area contributed by atoms with Crippen LogP contribution in [0.15, 0.2) is 30.5 Å². The number of rotatable bonds is 2. The first-order valence-electron chi connectivity index (χ1n) is 5.05. The van der Waals surface area contributed by atoms with Gasteiger partial charge in [0, 0.05) is 0 Å². The third kappa shape index (κ3) is 1.32. The molecule has 0 saturated heterocycles. The van der Waals surface area contributed by atoms with Gasteiger partial charge in [-0.05, 0) is 19.1 Å². The molecular weight excluding hydrogens is 172 g/mol. The third-order valence-electron chi connectivity index (χ3n) is 3.01. The number of nitrogens with zero attached hydrogens (tertiary/aromatic N) is 1. The number of hydrogen-bond donors (Lipinski definition) is 1. The SMILES string of the molecule is CC[N+](C)(C)c1c[nH]c2ccccc12. The van der Waals surface area contributed by atoms with Gasteiger partial charge >= 0.3 is 0 Å². The van der Waals surface area contributed by atoms with Gasteiger partial charge in [-0.2, -0.15) is 0 Å². The number of hydrogen-bond acceptors (Lipinski definition) is 0. The second-order valence-electron chi connectivity index (χ2n) is 4.22. The van der Waals surface area contributed by atoms with Crippen molar-refractivity contribution >= 4 is 16.6 Å². The summed E-state index contributed by atoms with van der Waals surface area (Å²) < 4.78 is 0.921. The van der Waals surface area contributed by atoms with Crippen molar-refractivity contribution in [1.29, 1.82) is 0 Å². The minimum Gasteiger partial charge on any atom is -0.356 e. The molecule has 2 aromatic rings. The number of H-pyrrole nitrogens is 1. The molecule has 74 valence electrons. The first-order valence-corrected chi connectivity index (χ1v) is 5.05. The van der Waals surface area contributed by atoms with Gasteiger partial charge in [-0.1, -0.05) is 12.1 Å². The van der Waals surface area contributed by atoms with Gasteiger partial charge in [0.25, 0.3) is 0 Å². The lowest BCUT2D eigenvalue weighted by Crippen LogP contribution is -2.39. The minimum absolute atomic E-state index is 0.921. The quantitative estimate of drug-likeness (QED) is 0.699. The fourth-order valence-electron chi connectivity index (χ4n) is 1.73. The Hall–Kier alpha value is -1.28. The molecular formula is C12H17N2+. The van der Waals surface area contributed by atoms with Crippen molar-refractivity contribution in [2.45, 2.75) is 6.92 Å². The van der Waals surface area contributed by atoms with E-state index in [9.17, 15) is 0 Å². The Morgan fingerprint density at radius 1 is 1.21 bits per heavy atom. The Morgan fingerprint density at radius 2 is 1.93 bits per heavy atom. The van der Waals surface area contributed by atoms with Crippen molar-refractivity contribution in [3.05, 3.63) is 30.5 Å². The Bertz CT molecular complexity index is 440. The molecule has 2 rings (SSSR count). The topological polar surface area (TPSA) is 15.8 Å². The number of aromatic amines is 1. The van der Waals surface area contributed by atoms with E-state index < -0.39 is 0 Å². The molecule has 1 aromatic carbocycles. The molecule has 0 unspecified atom stereocenters. The lowest BCUT2D eigenvalue weighted by atomic mass is 10.2.